The highest BCUT2D eigenvalue weighted by Crippen LogP contribution is 2.22. The average Bonchev–Trinajstić information content (AvgIpc) is 2.77. The lowest BCUT2D eigenvalue weighted by Crippen LogP contribution is -2.33. The second-order valence-electron chi connectivity index (χ2n) is 3.72. The molecule has 0 saturated heterocycles. The third-order valence-corrected chi connectivity index (χ3v) is 3.26. The summed E-state index contributed by atoms with van der Waals surface area (Å²) in [7, 11) is 1.27. The Kier molecular flexibility index (Phi) is 5.01. The summed E-state index contributed by atoms with van der Waals surface area (Å²) in [5.41, 5.74) is 5.79. The van der Waals surface area contributed by atoms with E-state index < -0.39 is 24.2 Å². The Balaban J connectivity index is 2.66. The maximum absolute atomic E-state index is 11.2. The number of rotatable bonds is 5. The number of aliphatic hydroxyl groups is 2. The highest BCUT2D eigenvalue weighted by molar-refractivity contribution is 7.09. The largest absolute Gasteiger partial charge is 0.464 e. The minimum atomic E-state index is -0.886. The van der Waals surface area contributed by atoms with Crippen molar-refractivity contribution in [3.8, 4) is 0 Å². The number of carbonyl (C=O) groups is 1. The molecule has 7 heteroatoms. The van der Waals surface area contributed by atoms with Gasteiger partial charge in [0.25, 0.3) is 0 Å². The third kappa shape index (κ3) is 3.74. The van der Waals surface area contributed by atoms with Gasteiger partial charge >= 0.3 is 5.97 Å². The van der Waals surface area contributed by atoms with Gasteiger partial charge in [0.15, 0.2) is 5.69 Å². The Bertz CT molecular complexity index is 380. The number of aliphatic hydroxyl groups excluding tert-OH is 2. The van der Waals surface area contributed by atoms with Crippen LogP contribution in [0.5, 0.6) is 0 Å². The topological polar surface area (TPSA) is 106 Å². The molecule has 3 atom stereocenters. The van der Waals surface area contributed by atoms with Gasteiger partial charge in [0.2, 0.25) is 0 Å². The molecule has 0 radical (unpaired) electrons. The van der Waals surface area contributed by atoms with Crippen molar-refractivity contribution < 1.29 is 19.7 Å². The summed E-state index contributed by atoms with van der Waals surface area (Å²) < 4.78 is 4.51. The van der Waals surface area contributed by atoms with Crippen LogP contribution in [0.3, 0.4) is 0 Å². The van der Waals surface area contributed by atoms with Gasteiger partial charge in [-0.25, -0.2) is 9.78 Å². The first-order valence-electron chi connectivity index (χ1n) is 5.11. The second kappa shape index (κ2) is 6.06. The first-order valence-corrected chi connectivity index (χ1v) is 5.99. The summed E-state index contributed by atoms with van der Waals surface area (Å²) in [5.74, 6) is -0.542. The number of hydrogen-bond donors (Lipinski definition) is 3. The number of esters is 1. The molecule has 0 fully saturated rings. The van der Waals surface area contributed by atoms with Gasteiger partial charge in [-0.2, -0.15) is 0 Å². The van der Waals surface area contributed by atoms with Crippen LogP contribution in [0.15, 0.2) is 5.38 Å². The van der Waals surface area contributed by atoms with Crippen molar-refractivity contribution in [2.75, 3.05) is 7.11 Å². The number of nitrogens with zero attached hydrogens (tertiary/aromatic N) is 1. The van der Waals surface area contributed by atoms with Gasteiger partial charge in [-0.05, 0) is 13.3 Å². The molecule has 0 aliphatic rings. The van der Waals surface area contributed by atoms with Crippen LogP contribution in [-0.2, 0) is 4.74 Å². The maximum atomic E-state index is 11.2. The van der Waals surface area contributed by atoms with E-state index in [1.807, 2.05) is 0 Å². The highest BCUT2D eigenvalue weighted by atomic mass is 32.1. The fourth-order valence-electron chi connectivity index (χ4n) is 1.19. The zero-order valence-corrected chi connectivity index (χ0v) is 10.5. The number of ether oxygens (including phenoxy) is 1. The van der Waals surface area contributed by atoms with Crippen molar-refractivity contribution >= 4 is 17.3 Å². The molecule has 1 heterocycles. The van der Waals surface area contributed by atoms with E-state index in [4.69, 9.17) is 5.73 Å². The third-order valence-electron chi connectivity index (χ3n) is 2.32. The van der Waals surface area contributed by atoms with Crippen molar-refractivity contribution in [3.05, 3.63) is 16.1 Å². The second-order valence-corrected chi connectivity index (χ2v) is 4.61. The molecule has 1 unspecified atom stereocenters. The molecule has 0 spiro atoms. The van der Waals surface area contributed by atoms with E-state index in [2.05, 4.69) is 9.72 Å². The van der Waals surface area contributed by atoms with Gasteiger partial charge in [0, 0.05) is 11.4 Å². The van der Waals surface area contributed by atoms with Gasteiger partial charge in [0.1, 0.15) is 11.1 Å². The molecule has 0 aliphatic carbocycles. The van der Waals surface area contributed by atoms with Gasteiger partial charge in [-0.1, -0.05) is 0 Å². The highest BCUT2D eigenvalue weighted by Gasteiger charge is 2.20. The van der Waals surface area contributed by atoms with Crippen LogP contribution in [0, 0.1) is 0 Å². The molecule has 0 bridgehead atoms. The molecule has 6 nitrogen and oxygen atoms in total. The van der Waals surface area contributed by atoms with Gasteiger partial charge in [-0.15, -0.1) is 11.3 Å². The van der Waals surface area contributed by atoms with Crippen LogP contribution in [-0.4, -0.2) is 40.4 Å². The van der Waals surface area contributed by atoms with Crippen LogP contribution < -0.4 is 5.73 Å². The summed E-state index contributed by atoms with van der Waals surface area (Å²) in [6.07, 6.45) is -1.40. The van der Waals surface area contributed by atoms with E-state index in [1.165, 1.54) is 12.5 Å². The zero-order chi connectivity index (χ0) is 13.0. The van der Waals surface area contributed by atoms with E-state index in [0.717, 1.165) is 11.3 Å². The van der Waals surface area contributed by atoms with Crippen molar-refractivity contribution in [2.24, 2.45) is 5.73 Å². The van der Waals surface area contributed by atoms with E-state index in [9.17, 15) is 15.0 Å². The van der Waals surface area contributed by atoms with E-state index in [1.54, 1.807) is 6.92 Å². The van der Waals surface area contributed by atoms with E-state index in [0.29, 0.717) is 5.01 Å². The van der Waals surface area contributed by atoms with Crippen molar-refractivity contribution in [2.45, 2.75) is 31.6 Å². The van der Waals surface area contributed by atoms with Gasteiger partial charge < -0.3 is 20.7 Å². The minimum absolute atomic E-state index is 0.164. The molecule has 1 rings (SSSR count). The van der Waals surface area contributed by atoms with Crippen LogP contribution >= 0.6 is 11.3 Å². The van der Waals surface area contributed by atoms with Crippen LogP contribution in [0.1, 0.15) is 34.9 Å². The molecule has 0 amide bonds. The molecular formula is C10H16N2O4S. The summed E-state index contributed by atoms with van der Waals surface area (Å²) in [5, 5.41) is 20.9. The Morgan fingerprint density at radius 2 is 2.29 bits per heavy atom. The van der Waals surface area contributed by atoms with Crippen LogP contribution in [0.2, 0.25) is 0 Å². The number of thiazole rings is 1. The minimum Gasteiger partial charge on any atom is -0.464 e. The Hall–Kier alpha value is -1.02. The first kappa shape index (κ1) is 14.0. The quantitative estimate of drug-likeness (QED) is 0.646. The summed E-state index contributed by atoms with van der Waals surface area (Å²) in [6.45, 7) is 1.55. The fraction of sp³-hybridized carbons (Fsp3) is 0.600. The molecule has 4 N–H and O–H groups in total. The monoisotopic (exact) mass is 260 g/mol. The summed E-state index contributed by atoms with van der Waals surface area (Å²) >= 11 is 1.16. The lowest BCUT2D eigenvalue weighted by Gasteiger charge is -2.17. The number of aromatic nitrogens is 1. The van der Waals surface area contributed by atoms with Crippen molar-refractivity contribution in [1.82, 2.24) is 4.98 Å². The lowest BCUT2D eigenvalue weighted by atomic mass is 10.1. The summed E-state index contributed by atoms with van der Waals surface area (Å²) in [6, 6.07) is -0.532. The molecule has 96 valence electrons. The molecule has 0 aromatic carbocycles. The van der Waals surface area contributed by atoms with E-state index in [-0.39, 0.29) is 12.1 Å². The summed E-state index contributed by atoms with van der Waals surface area (Å²) in [4.78, 5) is 15.1. The Morgan fingerprint density at radius 3 is 2.82 bits per heavy atom. The number of nitrogens with two attached hydrogens (primary N) is 1. The van der Waals surface area contributed by atoms with Crippen molar-refractivity contribution in [3.63, 3.8) is 0 Å². The normalized spacial score (nSPS) is 16.3. The smallest absolute Gasteiger partial charge is 0.357 e. The maximum Gasteiger partial charge on any atom is 0.357 e. The number of carbonyl (C=O) groups excluding carboxylic acids is 1. The fourth-order valence-corrected chi connectivity index (χ4v) is 1.98. The molecule has 17 heavy (non-hydrogen) atoms. The van der Waals surface area contributed by atoms with Crippen LogP contribution in [0.25, 0.3) is 0 Å². The average molecular weight is 260 g/mol. The van der Waals surface area contributed by atoms with Crippen molar-refractivity contribution in [1.29, 1.82) is 0 Å². The lowest BCUT2D eigenvalue weighted by molar-refractivity contribution is 0.0593. The molecular weight excluding hydrogens is 244 g/mol. The van der Waals surface area contributed by atoms with E-state index >= 15 is 0 Å². The SMILES string of the molecule is COC(=O)c1csc([C@H](O)C[C@@H](N)C(C)O)n1. The molecule has 1 aromatic heterocycles. The standard InChI is InChI=1S/C10H16N2O4S/c1-5(13)6(11)3-8(14)9-12-7(4-17-9)10(15)16-2/h4-6,8,13-14H,3,11H2,1-2H3/t5?,6-,8-/m1/s1. The number of methoxy groups -OCH3 is 1. The predicted molar refractivity (Wildman–Crippen MR) is 62.7 cm³/mol. The Labute approximate surface area is 103 Å². The molecule has 0 saturated carbocycles. The van der Waals surface area contributed by atoms with Crippen LogP contribution in [0.4, 0.5) is 0 Å². The number of hydrogen-bond acceptors (Lipinski definition) is 7. The molecule has 1 aromatic rings. The van der Waals surface area contributed by atoms with Gasteiger partial charge in [0.05, 0.1) is 13.2 Å². The Morgan fingerprint density at radius 1 is 1.65 bits per heavy atom. The first-order chi connectivity index (χ1) is 7.95. The zero-order valence-electron chi connectivity index (χ0n) is 9.66. The molecule has 0 aliphatic heterocycles. The van der Waals surface area contributed by atoms with Gasteiger partial charge in [-0.3, -0.25) is 0 Å². The predicted octanol–water partition coefficient (Wildman–Crippen LogP) is 0.0613.